The maximum Gasteiger partial charge on any atom is 0.319 e. The third-order valence-corrected chi connectivity index (χ3v) is 6.68. The van der Waals surface area contributed by atoms with Crippen LogP contribution < -0.4 is 5.32 Å². The molecule has 0 unspecified atom stereocenters. The van der Waals surface area contributed by atoms with E-state index in [1.807, 2.05) is 21.6 Å². The highest BCUT2D eigenvalue weighted by Crippen LogP contribution is 2.49. The highest BCUT2D eigenvalue weighted by atomic mass is 16.2. The van der Waals surface area contributed by atoms with Crippen LogP contribution in [0.4, 0.5) is 9.59 Å². The molecule has 28 heavy (non-hydrogen) atoms. The van der Waals surface area contributed by atoms with Gasteiger partial charge < -0.3 is 24.9 Å². The minimum atomic E-state index is -0.229. The van der Waals surface area contributed by atoms with Crippen LogP contribution in [-0.2, 0) is 4.79 Å². The highest BCUT2D eigenvalue weighted by Gasteiger charge is 2.61. The maximum atomic E-state index is 13.1. The first-order valence-electron chi connectivity index (χ1n) is 10.5. The highest BCUT2D eigenvalue weighted by molar-refractivity contribution is 5.86. The molecule has 0 saturated carbocycles. The van der Waals surface area contributed by atoms with Gasteiger partial charge >= 0.3 is 12.1 Å². The van der Waals surface area contributed by atoms with E-state index in [-0.39, 0.29) is 35.3 Å². The molecule has 1 N–H and O–H groups in total. The van der Waals surface area contributed by atoms with Crippen molar-refractivity contribution in [1.82, 2.24) is 24.9 Å². The molecule has 3 aliphatic rings. The van der Waals surface area contributed by atoms with Crippen molar-refractivity contribution in [2.75, 3.05) is 53.4 Å². The number of likely N-dealkylation sites (tertiary alicyclic amines) is 3. The van der Waals surface area contributed by atoms with E-state index in [4.69, 9.17) is 0 Å². The predicted molar refractivity (Wildman–Crippen MR) is 107 cm³/mol. The second-order valence-electron chi connectivity index (χ2n) is 9.05. The van der Waals surface area contributed by atoms with Gasteiger partial charge in [-0.15, -0.1) is 0 Å². The summed E-state index contributed by atoms with van der Waals surface area (Å²) in [6.45, 7) is 9.99. The van der Waals surface area contributed by atoms with Gasteiger partial charge in [0.2, 0.25) is 5.91 Å². The normalized spacial score (nSPS) is 26.2. The van der Waals surface area contributed by atoms with E-state index >= 15 is 0 Å². The second kappa shape index (κ2) is 7.79. The number of fused-ring (bicyclic) bond motifs is 2. The molecule has 2 atom stereocenters. The van der Waals surface area contributed by atoms with Crippen LogP contribution in [0, 0.1) is 17.8 Å². The number of nitrogens with zero attached hydrogens (tertiary/aromatic N) is 4. The Morgan fingerprint density at radius 2 is 1.82 bits per heavy atom. The third-order valence-electron chi connectivity index (χ3n) is 6.68. The number of hydrogen-bond acceptors (Lipinski definition) is 3. The lowest BCUT2D eigenvalue weighted by Crippen LogP contribution is -2.59. The van der Waals surface area contributed by atoms with Crippen LogP contribution in [0.25, 0.3) is 0 Å². The van der Waals surface area contributed by atoms with Crippen LogP contribution in [-0.4, -0.2) is 96.5 Å². The minimum absolute atomic E-state index is 0.0108. The lowest BCUT2D eigenvalue weighted by atomic mass is 9.75. The van der Waals surface area contributed by atoms with E-state index < -0.39 is 0 Å². The van der Waals surface area contributed by atoms with Gasteiger partial charge in [-0.1, -0.05) is 13.8 Å². The Kier molecular flexibility index (Phi) is 5.77. The summed E-state index contributed by atoms with van der Waals surface area (Å²) in [7, 11) is 3.50. The Morgan fingerprint density at radius 3 is 2.36 bits per heavy atom. The van der Waals surface area contributed by atoms with Crippen molar-refractivity contribution in [3.8, 4) is 0 Å². The van der Waals surface area contributed by atoms with E-state index in [1.165, 1.54) is 0 Å². The Balaban J connectivity index is 1.72. The molecule has 0 radical (unpaired) electrons. The summed E-state index contributed by atoms with van der Waals surface area (Å²) in [6.07, 6.45) is 1.57. The Bertz CT molecular complexity index is 627. The van der Waals surface area contributed by atoms with Crippen LogP contribution in [0.2, 0.25) is 0 Å². The summed E-state index contributed by atoms with van der Waals surface area (Å²) in [5.74, 6) is 0.650. The molecule has 3 heterocycles. The summed E-state index contributed by atoms with van der Waals surface area (Å²) < 4.78 is 0. The first-order chi connectivity index (χ1) is 13.2. The Hall–Kier alpha value is -1.99. The standard InChI is InChI=1S/C20H35N5O3/c1-6-25-17(26)15-12-24(19(28)22(4)5)13-16(15)20(25)7-9-23(10-8-20)18(27)21-11-14(2)3/h14-16H,6-13H2,1-5H3,(H,21,27)/t15-,16+/m1/s1. The van der Waals surface area contributed by atoms with Gasteiger partial charge in [0.1, 0.15) is 0 Å². The summed E-state index contributed by atoms with van der Waals surface area (Å²) in [4.78, 5) is 45.3. The average Bonchev–Trinajstić information content (AvgIpc) is 3.19. The molecule has 5 amide bonds. The van der Waals surface area contributed by atoms with Crippen LogP contribution in [0.1, 0.15) is 33.6 Å². The van der Waals surface area contributed by atoms with E-state index in [0.717, 1.165) is 12.8 Å². The predicted octanol–water partition coefficient (Wildman–Crippen LogP) is 1.28. The van der Waals surface area contributed by atoms with E-state index in [2.05, 4.69) is 19.2 Å². The lowest BCUT2D eigenvalue weighted by molar-refractivity contribution is -0.135. The summed E-state index contributed by atoms with van der Waals surface area (Å²) in [5, 5.41) is 2.99. The number of urea groups is 2. The first-order valence-corrected chi connectivity index (χ1v) is 10.5. The number of rotatable bonds is 3. The molecule has 0 aromatic heterocycles. The molecule has 8 heteroatoms. The molecule has 3 aliphatic heterocycles. The first kappa shape index (κ1) is 20.7. The quantitative estimate of drug-likeness (QED) is 0.785. The fourth-order valence-corrected chi connectivity index (χ4v) is 5.27. The summed E-state index contributed by atoms with van der Waals surface area (Å²) in [5.41, 5.74) is -0.229. The fraction of sp³-hybridized carbons (Fsp3) is 0.850. The fourth-order valence-electron chi connectivity index (χ4n) is 5.27. The molecule has 8 nitrogen and oxygen atoms in total. The van der Waals surface area contributed by atoms with Gasteiger partial charge in [-0.25, -0.2) is 9.59 Å². The van der Waals surface area contributed by atoms with Gasteiger partial charge in [-0.05, 0) is 25.7 Å². The number of carbonyl (C=O) groups is 3. The van der Waals surface area contributed by atoms with Gasteiger partial charge in [0.15, 0.2) is 0 Å². The van der Waals surface area contributed by atoms with Crippen molar-refractivity contribution < 1.29 is 14.4 Å². The molecule has 1 spiro atoms. The van der Waals surface area contributed by atoms with Crippen molar-refractivity contribution >= 4 is 18.0 Å². The smallest absolute Gasteiger partial charge is 0.319 e. The number of hydrogen-bond donors (Lipinski definition) is 1. The average molecular weight is 394 g/mol. The van der Waals surface area contributed by atoms with Crippen LogP contribution in [0.3, 0.4) is 0 Å². The SMILES string of the molecule is CCN1C(=O)[C@@H]2CN(C(=O)N(C)C)C[C@@H]2C12CCN(C(=O)NCC(C)C)CC2. The van der Waals surface area contributed by atoms with Crippen molar-refractivity contribution in [1.29, 1.82) is 0 Å². The third kappa shape index (κ3) is 3.42. The summed E-state index contributed by atoms with van der Waals surface area (Å²) in [6, 6.07) is -0.0331. The van der Waals surface area contributed by atoms with Crippen molar-refractivity contribution in [3.63, 3.8) is 0 Å². The van der Waals surface area contributed by atoms with Crippen LogP contribution in [0.5, 0.6) is 0 Å². The van der Waals surface area contributed by atoms with Gasteiger partial charge in [0.05, 0.1) is 11.5 Å². The molecule has 3 saturated heterocycles. The Labute approximate surface area is 168 Å². The van der Waals surface area contributed by atoms with Crippen molar-refractivity contribution in [2.24, 2.45) is 17.8 Å². The monoisotopic (exact) mass is 393 g/mol. The van der Waals surface area contributed by atoms with Crippen molar-refractivity contribution in [2.45, 2.75) is 39.2 Å². The summed E-state index contributed by atoms with van der Waals surface area (Å²) >= 11 is 0. The number of amides is 5. The van der Waals surface area contributed by atoms with Crippen LogP contribution >= 0.6 is 0 Å². The Morgan fingerprint density at radius 1 is 1.18 bits per heavy atom. The molecule has 3 fully saturated rings. The molecule has 0 aromatic rings. The number of carbonyl (C=O) groups excluding carboxylic acids is 3. The lowest BCUT2D eigenvalue weighted by Gasteiger charge is -2.47. The van der Waals surface area contributed by atoms with Crippen molar-refractivity contribution in [3.05, 3.63) is 0 Å². The molecule has 3 rings (SSSR count). The topological polar surface area (TPSA) is 76.2 Å². The molecular weight excluding hydrogens is 358 g/mol. The van der Waals surface area contributed by atoms with Gasteiger partial charge in [-0.3, -0.25) is 4.79 Å². The molecular formula is C20H35N5O3. The van der Waals surface area contributed by atoms with E-state index in [9.17, 15) is 14.4 Å². The second-order valence-corrected chi connectivity index (χ2v) is 9.05. The van der Waals surface area contributed by atoms with Crippen LogP contribution in [0.15, 0.2) is 0 Å². The van der Waals surface area contributed by atoms with E-state index in [1.54, 1.807) is 19.0 Å². The van der Waals surface area contributed by atoms with Gasteiger partial charge in [-0.2, -0.15) is 0 Å². The number of nitrogens with one attached hydrogen (secondary N) is 1. The maximum absolute atomic E-state index is 13.1. The molecule has 0 aliphatic carbocycles. The zero-order valence-corrected chi connectivity index (χ0v) is 17.9. The zero-order chi connectivity index (χ0) is 20.6. The molecule has 0 bridgehead atoms. The minimum Gasteiger partial charge on any atom is -0.338 e. The number of piperidine rings is 1. The largest absolute Gasteiger partial charge is 0.338 e. The van der Waals surface area contributed by atoms with Gasteiger partial charge in [0.25, 0.3) is 0 Å². The molecule has 158 valence electrons. The zero-order valence-electron chi connectivity index (χ0n) is 17.9. The molecule has 0 aromatic carbocycles. The van der Waals surface area contributed by atoms with E-state index in [0.29, 0.717) is 45.2 Å². The van der Waals surface area contributed by atoms with Gasteiger partial charge in [0, 0.05) is 59.3 Å².